The molecule has 0 aliphatic carbocycles. The average Bonchev–Trinajstić information content (AvgIpc) is 2.47. The molecule has 20 heavy (non-hydrogen) atoms. The molecular formula is C17H21NO2. The Morgan fingerprint density at radius 1 is 1.05 bits per heavy atom. The van der Waals surface area contributed by atoms with Gasteiger partial charge in [0, 0.05) is 11.6 Å². The van der Waals surface area contributed by atoms with Gasteiger partial charge in [-0.1, -0.05) is 24.3 Å². The Bertz CT molecular complexity index is 581. The molecule has 106 valence electrons. The summed E-state index contributed by atoms with van der Waals surface area (Å²) >= 11 is 0. The molecule has 2 aromatic carbocycles. The summed E-state index contributed by atoms with van der Waals surface area (Å²) in [5.74, 6) is 1.70. The highest BCUT2D eigenvalue weighted by Crippen LogP contribution is 2.27. The van der Waals surface area contributed by atoms with Crippen molar-refractivity contribution in [3.8, 4) is 11.5 Å². The number of nitrogens with two attached hydrogens (primary N) is 1. The van der Waals surface area contributed by atoms with Crippen LogP contribution in [0, 0.1) is 6.92 Å². The average molecular weight is 271 g/mol. The molecular weight excluding hydrogens is 250 g/mol. The van der Waals surface area contributed by atoms with Crippen molar-refractivity contribution in [3.05, 3.63) is 59.2 Å². The van der Waals surface area contributed by atoms with Crippen molar-refractivity contribution >= 4 is 0 Å². The molecule has 0 aliphatic heterocycles. The van der Waals surface area contributed by atoms with Crippen LogP contribution in [0.3, 0.4) is 0 Å². The van der Waals surface area contributed by atoms with Crippen LogP contribution in [0.2, 0.25) is 0 Å². The van der Waals surface area contributed by atoms with Crippen LogP contribution in [0.5, 0.6) is 11.5 Å². The van der Waals surface area contributed by atoms with Gasteiger partial charge in [-0.15, -0.1) is 0 Å². The third kappa shape index (κ3) is 3.31. The molecule has 0 saturated carbocycles. The lowest BCUT2D eigenvalue weighted by atomic mass is 9.98. The normalized spacial score (nSPS) is 12.0. The second kappa shape index (κ2) is 6.44. The molecule has 0 fully saturated rings. The summed E-state index contributed by atoms with van der Waals surface area (Å²) in [5, 5.41) is 0. The van der Waals surface area contributed by atoms with Crippen molar-refractivity contribution in [2.45, 2.75) is 19.4 Å². The topological polar surface area (TPSA) is 44.5 Å². The zero-order valence-corrected chi connectivity index (χ0v) is 12.2. The van der Waals surface area contributed by atoms with Crippen molar-refractivity contribution in [2.24, 2.45) is 5.73 Å². The molecule has 2 rings (SSSR count). The van der Waals surface area contributed by atoms with E-state index in [1.54, 1.807) is 14.2 Å². The summed E-state index contributed by atoms with van der Waals surface area (Å²) in [6.07, 6.45) is 0.747. The molecule has 0 bridgehead atoms. The Labute approximate surface area is 120 Å². The fraction of sp³-hybridized carbons (Fsp3) is 0.294. The molecule has 0 heterocycles. The first-order valence-corrected chi connectivity index (χ1v) is 6.67. The molecule has 0 spiro atoms. The first-order valence-electron chi connectivity index (χ1n) is 6.67. The second-order valence-electron chi connectivity index (χ2n) is 4.91. The Kier molecular flexibility index (Phi) is 4.64. The van der Waals surface area contributed by atoms with E-state index in [1.807, 2.05) is 37.3 Å². The van der Waals surface area contributed by atoms with Crippen LogP contribution < -0.4 is 15.2 Å². The number of hydrogen-bond donors (Lipinski definition) is 1. The maximum absolute atomic E-state index is 6.32. The van der Waals surface area contributed by atoms with E-state index < -0.39 is 0 Å². The van der Waals surface area contributed by atoms with E-state index in [0.29, 0.717) is 0 Å². The quantitative estimate of drug-likeness (QED) is 0.908. The van der Waals surface area contributed by atoms with E-state index in [1.165, 1.54) is 5.56 Å². The van der Waals surface area contributed by atoms with Crippen molar-refractivity contribution in [1.29, 1.82) is 0 Å². The van der Waals surface area contributed by atoms with Crippen molar-refractivity contribution in [3.63, 3.8) is 0 Å². The largest absolute Gasteiger partial charge is 0.497 e. The summed E-state index contributed by atoms with van der Waals surface area (Å²) in [6, 6.07) is 14.0. The van der Waals surface area contributed by atoms with Crippen molar-refractivity contribution < 1.29 is 9.47 Å². The van der Waals surface area contributed by atoms with Crippen molar-refractivity contribution in [1.82, 2.24) is 0 Å². The number of hydrogen-bond acceptors (Lipinski definition) is 3. The number of ether oxygens (including phenoxy) is 2. The van der Waals surface area contributed by atoms with Crippen LogP contribution in [0.4, 0.5) is 0 Å². The van der Waals surface area contributed by atoms with Gasteiger partial charge in [0.15, 0.2) is 0 Å². The van der Waals surface area contributed by atoms with Gasteiger partial charge in [-0.05, 0) is 42.7 Å². The predicted octanol–water partition coefficient (Wildman–Crippen LogP) is 3.25. The fourth-order valence-corrected chi connectivity index (χ4v) is 2.29. The van der Waals surface area contributed by atoms with Crippen LogP contribution >= 0.6 is 0 Å². The lowest BCUT2D eigenvalue weighted by Gasteiger charge is -2.16. The Morgan fingerprint density at radius 2 is 1.85 bits per heavy atom. The summed E-state index contributed by atoms with van der Waals surface area (Å²) in [6.45, 7) is 2.04. The molecule has 2 N–H and O–H groups in total. The highest BCUT2D eigenvalue weighted by molar-refractivity contribution is 5.40. The number of methoxy groups -OCH3 is 2. The first kappa shape index (κ1) is 14.4. The molecule has 0 amide bonds. The third-order valence-electron chi connectivity index (χ3n) is 3.38. The van der Waals surface area contributed by atoms with Gasteiger partial charge in [-0.2, -0.15) is 0 Å². The van der Waals surface area contributed by atoms with Crippen molar-refractivity contribution in [2.75, 3.05) is 14.2 Å². The fourth-order valence-electron chi connectivity index (χ4n) is 2.29. The summed E-state index contributed by atoms with van der Waals surface area (Å²) < 4.78 is 10.7. The zero-order chi connectivity index (χ0) is 14.5. The molecule has 0 radical (unpaired) electrons. The van der Waals surface area contributed by atoms with Gasteiger partial charge in [0.1, 0.15) is 11.5 Å². The van der Waals surface area contributed by atoms with Gasteiger partial charge in [-0.25, -0.2) is 0 Å². The molecule has 0 aliphatic rings. The maximum Gasteiger partial charge on any atom is 0.123 e. The molecule has 0 aromatic heterocycles. The molecule has 1 atom stereocenters. The monoisotopic (exact) mass is 271 g/mol. The van der Waals surface area contributed by atoms with Gasteiger partial charge in [-0.3, -0.25) is 0 Å². The van der Waals surface area contributed by atoms with Gasteiger partial charge in [0.2, 0.25) is 0 Å². The Balaban J connectivity index is 2.21. The lowest BCUT2D eigenvalue weighted by molar-refractivity contribution is 0.405. The smallest absolute Gasteiger partial charge is 0.123 e. The molecule has 3 nitrogen and oxygen atoms in total. The Morgan fingerprint density at radius 3 is 2.55 bits per heavy atom. The highest BCUT2D eigenvalue weighted by Gasteiger charge is 2.13. The van der Waals surface area contributed by atoms with E-state index in [0.717, 1.165) is 29.0 Å². The molecule has 1 unspecified atom stereocenters. The van der Waals surface area contributed by atoms with E-state index in [9.17, 15) is 0 Å². The van der Waals surface area contributed by atoms with Crippen LogP contribution in [-0.2, 0) is 6.42 Å². The molecule has 3 heteroatoms. The van der Waals surface area contributed by atoms with E-state index in [4.69, 9.17) is 15.2 Å². The van der Waals surface area contributed by atoms with Gasteiger partial charge < -0.3 is 15.2 Å². The van der Waals surface area contributed by atoms with Crippen LogP contribution in [0.15, 0.2) is 42.5 Å². The number of rotatable bonds is 5. The number of benzene rings is 2. The van der Waals surface area contributed by atoms with Crippen LogP contribution in [0.25, 0.3) is 0 Å². The predicted molar refractivity (Wildman–Crippen MR) is 81.4 cm³/mol. The summed E-state index contributed by atoms with van der Waals surface area (Å²) in [7, 11) is 3.35. The van der Waals surface area contributed by atoms with E-state index in [2.05, 4.69) is 12.1 Å². The zero-order valence-electron chi connectivity index (χ0n) is 12.2. The van der Waals surface area contributed by atoms with Gasteiger partial charge in [0.25, 0.3) is 0 Å². The summed E-state index contributed by atoms with van der Waals surface area (Å²) in [4.78, 5) is 0. The standard InChI is InChI=1S/C17H21NO2/c1-12-7-8-15(17(9-12)20-3)16(18)11-13-5-4-6-14(10-13)19-2/h4-10,16H,11,18H2,1-3H3. The second-order valence-corrected chi connectivity index (χ2v) is 4.91. The SMILES string of the molecule is COc1cccc(CC(N)c2ccc(C)cc2OC)c1. The van der Waals surface area contributed by atoms with Gasteiger partial charge in [0.05, 0.1) is 14.2 Å². The minimum atomic E-state index is -0.0994. The maximum atomic E-state index is 6.32. The highest BCUT2D eigenvalue weighted by atomic mass is 16.5. The van der Waals surface area contributed by atoms with Gasteiger partial charge >= 0.3 is 0 Å². The minimum Gasteiger partial charge on any atom is -0.497 e. The number of aryl methyl sites for hydroxylation is 1. The van der Waals surface area contributed by atoms with E-state index >= 15 is 0 Å². The lowest BCUT2D eigenvalue weighted by Crippen LogP contribution is -2.14. The molecule has 2 aromatic rings. The van der Waals surface area contributed by atoms with E-state index in [-0.39, 0.29) is 6.04 Å². The summed E-state index contributed by atoms with van der Waals surface area (Å²) in [5.41, 5.74) is 9.67. The van der Waals surface area contributed by atoms with Crippen LogP contribution in [-0.4, -0.2) is 14.2 Å². The Hall–Kier alpha value is -2.00. The molecule has 0 saturated heterocycles. The minimum absolute atomic E-state index is 0.0994. The van der Waals surface area contributed by atoms with Crippen LogP contribution in [0.1, 0.15) is 22.7 Å². The first-order chi connectivity index (χ1) is 9.63. The third-order valence-corrected chi connectivity index (χ3v) is 3.38.